The Morgan fingerprint density at radius 1 is 1.17 bits per heavy atom. The van der Waals surface area contributed by atoms with Crippen LogP contribution >= 0.6 is 7.60 Å². The third kappa shape index (κ3) is 7.49. The van der Waals surface area contributed by atoms with Crippen LogP contribution in [0, 0.1) is 10.8 Å². The van der Waals surface area contributed by atoms with Crippen LogP contribution in [0.1, 0.15) is 61.1 Å². The Hall–Kier alpha value is -2.91. The quantitative estimate of drug-likeness (QED) is 0.202. The Morgan fingerprint density at radius 3 is 2.22 bits per heavy atom. The molecule has 0 aliphatic carbocycles. The highest BCUT2D eigenvalue weighted by atomic mass is 31.2. The molecule has 0 radical (unpaired) electrons. The molecular weight excluding hydrogens is 568 g/mol. The topological polar surface area (TPSA) is 207 Å². The summed E-state index contributed by atoms with van der Waals surface area (Å²) in [5.74, 6) is -1.49. The molecule has 1 aliphatic heterocycles. The zero-order chi connectivity index (χ0) is 31.0. The standard InChI is InChI=1S/C24H37FN5O10P/c1-22(2,3)19(33)36-11-38-41(35,39-12-37-20(34)23(4,5)6)9-8-13-15(31)24(7,25)18(40-13)30-10-27-14-16(30)28-21(26)29-17(14)32/h10,13,15,18,31H,8-9,11-12H2,1-7H3,(H3,26,28,29,32)/t13-,15-,18-,24-/m1/s1. The molecule has 1 saturated heterocycles. The lowest BCUT2D eigenvalue weighted by molar-refractivity contribution is -0.162. The maximum atomic E-state index is 15.8. The van der Waals surface area contributed by atoms with Crippen molar-refractivity contribution in [1.29, 1.82) is 0 Å². The van der Waals surface area contributed by atoms with E-state index in [9.17, 15) is 24.1 Å². The van der Waals surface area contributed by atoms with Gasteiger partial charge in [-0.05, 0) is 54.9 Å². The molecule has 15 nitrogen and oxygen atoms in total. The Bertz CT molecular complexity index is 1340. The number of fused-ring (bicyclic) bond motifs is 1. The van der Waals surface area contributed by atoms with E-state index in [1.807, 2.05) is 0 Å². The lowest BCUT2D eigenvalue weighted by atomic mass is 9.97. The second-order valence-electron chi connectivity index (χ2n) is 11.9. The number of alkyl halides is 1. The number of nitrogens with one attached hydrogen (secondary N) is 1. The number of carbonyl (C=O) groups is 2. The molecule has 3 rings (SSSR count). The summed E-state index contributed by atoms with van der Waals surface area (Å²) in [4.78, 5) is 46.5. The molecule has 4 N–H and O–H groups in total. The number of halogens is 1. The summed E-state index contributed by atoms with van der Waals surface area (Å²) in [6.07, 6.45) is -4.00. The van der Waals surface area contributed by atoms with Crippen LogP contribution < -0.4 is 11.3 Å². The highest BCUT2D eigenvalue weighted by molar-refractivity contribution is 7.53. The lowest BCUT2D eigenvalue weighted by Crippen LogP contribution is -2.39. The van der Waals surface area contributed by atoms with Crippen LogP contribution in [0.4, 0.5) is 10.3 Å². The van der Waals surface area contributed by atoms with E-state index >= 15 is 4.39 Å². The first-order valence-corrected chi connectivity index (χ1v) is 14.5. The molecule has 2 aromatic heterocycles. The molecule has 2 aromatic rings. The molecule has 4 atom stereocenters. The fraction of sp³-hybridized carbons (Fsp3) is 0.708. The number of imidazole rings is 1. The van der Waals surface area contributed by atoms with Gasteiger partial charge in [-0.2, -0.15) is 4.98 Å². The second kappa shape index (κ2) is 11.8. The predicted octanol–water partition coefficient (Wildman–Crippen LogP) is 2.40. The molecule has 0 saturated carbocycles. The minimum atomic E-state index is -4.15. The Kier molecular flexibility index (Phi) is 9.35. The van der Waals surface area contributed by atoms with Crippen LogP contribution in [0.25, 0.3) is 11.2 Å². The Labute approximate surface area is 235 Å². The van der Waals surface area contributed by atoms with E-state index in [1.54, 1.807) is 41.5 Å². The fourth-order valence-electron chi connectivity index (χ4n) is 3.77. The molecule has 17 heteroatoms. The van der Waals surface area contributed by atoms with Gasteiger partial charge in [0.25, 0.3) is 5.56 Å². The largest absolute Gasteiger partial charge is 0.438 e. The number of nitrogen functional groups attached to an aromatic ring is 1. The van der Waals surface area contributed by atoms with Crippen LogP contribution in [-0.4, -0.2) is 74.2 Å². The van der Waals surface area contributed by atoms with Crippen molar-refractivity contribution in [2.75, 3.05) is 25.5 Å². The number of aromatic amines is 1. The van der Waals surface area contributed by atoms with Crippen LogP contribution in [0.15, 0.2) is 11.1 Å². The SMILES string of the molecule is CC(C)(C)C(=O)OCOP(=O)(CC[C@H]1O[C@@H](n2cnc3c(=O)[nH]c(N)nc32)[C@](C)(F)[C@@H]1O)OCOC(=O)C(C)(C)C. The first-order chi connectivity index (χ1) is 18.8. The Balaban J connectivity index is 1.76. The van der Waals surface area contributed by atoms with Gasteiger partial charge in [0.1, 0.15) is 6.10 Å². The summed E-state index contributed by atoms with van der Waals surface area (Å²) >= 11 is 0. The van der Waals surface area contributed by atoms with E-state index in [-0.39, 0.29) is 23.5 Å². The van der Waals surface area contributed by atoms with Crippen molar-refractivity contribution in [1.82, 2.24) is 19.5 Å². The third-order valence-electron chi connectivity index (χ3n) is 6.21. The molecule has 0 amide bonds. The summed E-state index contributed by atoms with van der Waals surface area (Å²) in [7, 11) is -4.15. The van der Waals surface area contributed by atoms with E-state index in [0.717, 1.165) is 17.8 Å². The van der Waals surface area contributed by atoms with Crippen LogP contribution in [0.2, 0.25) is 0 Å². The second-order valence-corrected chi connectivity index (χ2v) is 14.1. The summed E-state index contributed by atoms with van der Waals surface area (Å²) in [5, 5.41) is 10.8. The van der Waals surface area contributed by atoms with Gasteiger partial charge in [0, 0.05) is 0 Å². The van der Waals surface area contributed by atoms with Crippen LogP contribution in [0.3, 0.4) is 0 Å². The summed E-state index contributed by atoms with van der Waals surface area (Å²) < 4.78 is 56.9. The number of nitrogens with zero attached hydrogens (tertiary/aromatic N) is 3. The van der Waals surface area contributed by atoms with Gasteiger partial charge in [0.15, 0.2) is 23.1 Å². The third-order valence-corrected chi connectivity index (χ3v) is 8.01. The number of ether oxygens (including phenoxy) is 3. The van der Waals surface area contributed by atoms with Gasteiger partial charge in [0.2, 0.25) is 19.5 Å². The van der Waals surface area contributed by atoms with E-state index in [4.69, 9.17) is 29.0 Å². The smallest absolute Gasteiger partial charge is 0.336 e. The minimum absolute atomic E-state index is 0.0633. The van der Waals surface area contributed by atoms with Gasteiger partial charge in [-0.15, -0.1) is 0 Å². The highest BCUT2D eigenvalue weighted by Gasteiger charge is 2.55. The van der Waals surface area contributed by atoms with Gasteiger partial charge in [-0.3, -0.25) is 37.5 Å². The maximum Gasteiger partial charge on any atom is 0.336 e. The Morgan fingerprint density at radius 2 is 1.71 bits per heavy atom. The molecule has 1 fully saturated rings. The first-order valence-electron chi connectivity index (χ1n) is 12.7. The molecule has 0 bridgehead atoms. The number of hydrogen-bond donors (Lipinski definition) is 3. The number of rotatable bonds is 10. The number of carbonyl (C=O) groups excluding carboxylic acids is 2. The van der Waals surface area contributed by atoms with Crippen molar-refractivity contribution in [2.45, 2.75) is 79.0 Å². The average Bonchev–Trinajstić information content (AvgIpc) is 3.34. The number of aromatic nitrogens is 4. The van der Waals surface area contributed by atoms with E-state index < -0.39 is 79.8 Å². The number of nitrogens with two attached hydrogens (primary N) is 1. The van der Waals surface area contributed by atoms with Gasteiger partial charge in [-0.25, -0.2) is 9.37 Å². The number of anilines is 1. The molecule has 0 unspecified atom stereocenters. The van der Waals surface area contributed by atoms with Gasteiger partial charge >= 0.3 is 19.5 Å². The molecule has 0 aromatic carbocycles. The van der Waals surface area contributed by atoms with Gasteiger partial charge in [0.05, 0.1) is 29.4 Å². The average molecular weight is 606 g/mol. The molecule has 230 valence electrons. The molecule has 41 heavy (non-hydrogen) atoms. The van der Waals surface area contributed by atoms with E-state index in [2.05, 4.69) is 15.0 Å². The number of hydrogen-bond acceptors (Lipinski definition) is 13. The summed E-state index contributed by atoms with van der Waals surface area (Å²) in [6.45, 7) is 9.31. The molecule has 1 aliphatic rings. The van der Waals surface area contributed by atoms with Gasteiger partial charge in [-0.1, -0.05) is 0 Å². The van der Waals surface area contributed by atoms with Crippen LogP contribution in [0.5, 0.6) is 0 Å². The molecule has 3 heterocycles. The maximum absolute atomic E-state index is 15.8. The van der Waals surface area contributed by atoms with Gasteiger partial charge < -0.3 is 25.1 Å². The zero-order valence-corrected chi connectivity index (χ0v) is 24.9. The number of esters is 2. The van der Waals surface area contributed by atoms with Crippen molar-refractivity contribution >= 4 is 36.6 Å². The monoisotopic (exact) mass is 605 g/mol. The number of aliphatic hydroxyl groups excluding tert-OH is 1. The van der Waals surface area contributed by atoms with E-state index in [0.29, 0.717) is 0 Å². The summed E-state index contributed by atoms with van der Waals surface area (Å²) in [5.41, 5.74) is 0.672. The van der Waals surface area contributed by atoms with Crippen LogP contribution in [-0.2, 0) is 37.4 Å². The zero-order valence-electron chi connectivity index (χ0n) is 24.0. The normalized spacial score (nSPS) is 23.6. The van der Waals surface area contributed by atoms with Crippen molar-refractivity contribution in [2.24, 2.45) is 10.8 Å². The van der Waals surface area contributed by atoms with Crippen molar-refractivity contribution in [3.05, 3.63) is 16.7 Å². The minimum Gasteiger partial charge on any atom is -0.438 e. The predicted molar refractivity (Wildman–Crippen MR) is 142 cm³/mol. The molecule has 0 spiro atoms. The van der Waals surface area contributed by atoms with Crippen molar-refractivity contribution in [3.8, 4) is 0 Å². The summed E-state index contributed by atoms with van der Waals surface area (Å²) in [6, 6.07) is 0. The highest BCUT2D eigenvalue weighted by Crippen LogP contribution is 2.51. The van der Waals surface area contributed by atoms with Crippen molar-refractivity contribution in [3.63, 3.8) is 0 Å². The number of H-pyrrole nitrogens is 1. The molecular formula is C24H37FN5O10P. The number of aliphatic hydroxyl groups is 1. The van der Waals surface area contributed by atoms with E-state index in [1.165, 1.54) is 0 Å². The first kappa shape index (κ1) is 32.6. The fourth-order valence-corrected chi connectivity index (χ4v) is 5.10. The lowest BCUT2D eigenvalue weighted by Gasteiger charge is -2.24. The van der Waals surface area contributed by atoms with Crippen molar-refractivity contribution < 1.29 is 46.9 Å².